The van der Waals surface area contributed by atoms with E-state index in [-0.39, 0.29) is 11.3 Å². The summed E-state index contributed by atoms with van der Waals surface area (Å²) in [6, 6.07) is 4.46. The molecule has 0 bridgehead atoms. The Kier molecular flexibility index (Phi) is 3.82. The molecule has 0 unspecified atom stereocenters. The van der Waals surface area contributed by atoms with Crippen LogP contribution in [0.1, 0.15) is 5.56 Å². The number of nitrogens with zero attached hydrogens (tertiary/aromatic N) is 1. The molecule has 0 heterocycles. The first kappa shape index (κ1) is 11.8. The van der Waals surface area contributed by atoms with Gasteiger partial charge in [0.15, 0.2) is 0 Å². The van der Waals surface area contributed by atoms with E-state index >= 15 is 0 Å². The average molecular weight is 271 g/mol. The summed E-state index contributed by atoms with van der Waals surface area (Å²) in [5.74, 6) is 0. The first-order chi connectivity index (χ1) is 6.45. The average Bonchev–Trinajstić information content (AvgIpc) is 2.02. The van der Waals surface area contributed by atoms with E-state index in [9.17, 15) is 4.79 Å². The van der Waals surface area contributed by atoms with E-state index in [1.165, 1.54) is 18.2 Å². The van der Waals surface area contributed by atoms with Gasteiger partial charge in [-0.3, -0.25) is 0 Å². The number of hydrogen-bond acceptors (Lipinski definition) is 2. The Hall–Kier alpha value is -0.240. The lowest BCUT2D eigenvalue weighted by molar-refractivity contribution is 0.565. The van der Waals surface area contributed by atoms with Crippen LogP contribution in [0.25, 0.3) is 0 Å². The molecular formula is C8H3Cl4NO. The molecule has 0 aliphatic heterocycles. The zero-order chi connectivity index (χ0) is 10.8. The van der Waals surface area contributed by atoms with Crippen LogP contribution in [-0.4, -0.2) is 6.08 Å². The highest BCUT2D eigenvalue weighted by molar-refractivity contribution is 6.67. The Morgan fingerprint density at radius 1 is 1.29 bits per heavy atom. The number of benzene rings is 1. The minimum atomic E-state index is -1.64. The van der Waals surface area contributed by atoms with E-state index in [0.717, 1.165) is 0 Å². The number of isocyanates is 1. The Morgan fingerprint density at radius 2 is 1.93 bits per heavy atom. The molecule has 0 saturated carbocycles. The molecule has 6 heteroatoms. The maximum absolute atomic E-state index is 10.1. The van der Waals surface area contributed by atoms with Crippen LogP contribution >= 0.6 is 46.4 Å². The number of rotatable bonds is 1. The van der Waals surface area contributed by atoms with E-state index in [1.54, 1.807) is 6.07 Å². The van der Waals surface area contributed by atoms with E-state index in [4.69, 9.17) is 46.4 Å². The summed E-state index contributed by atoms with van der Waals surface area (Å²) in [4.78, 5) is 13.5. The maximum Gasteiger partial charge on any atom is 0.240 e. The third-order valence-corrected chi connectivity index (χ3v) is 2.28. The number of alkyl halides is 3. The quantitative estimate of drug-likeness (QED) is 0.429. The van der Waals surface area contributed by atoms with Crippen LogP contribution in [0.15, 0.2) is 23.2 Å². The number of halogens is 4. The van der Waals surface area contributed by atoms with Crippen LogP contribution < -0.4 is 0 Å². The van der Waals surface area contributed by atoms with Gasteiger partial charge in [-0.25, -0.2) is 4.79 Å². The second-order valence-electron chi connectivity index (χ2n) is 2.36. The molecular weight excluding hydrogens is 268 g/mol. The third-order valence-electron chi connectivity index (χ3n) is 1.43. The first-order valence-corrected chi connectivity index (χ1v) is 4.91. The Balaban J connectivity index is 3.36. The van der Waals surface area contributed by atoms with Gasteiger partial charge in [0.2, 0.25) is 9.87 Å². The molecule has 0 atom stereocenters. The molecule has 0 amide bonds. The lowest BCUT2D eigenvalue weighted by Gasteiger charge is -2.12. The summed E-state index contributed by atoms with van der Waals surface area (Å²) in [7, 11) is 0. The van der Waals surface area contributed by atoms with Gasteiger partial charge in [-0.2, -0.15) is 4.99 Å². The summed E-state index contributed by atoms with van der Waals surface area (Å²) in [5, 5.41) is 0.400. The molecule has 0 spiro atoms. The predicted molar refractivity (Wildman–Crippen MR) is 58.5 cm³/mol. The summed E-state index contributed by atoms with van der Waals surface area (Å²) >= 11 is 22.6. The lowest BCUT2D eigenvalue weighted by atomic mass is 10.2. The normalized spacial score (nSPS) is 10.9. The molecule has 0 saturated heterocycles. The standard InChI is InChI=1S/C8H3Cl4NO/c9-5-1-2-6(8(10,11)12)7(3-5)13-4-14/h1-3H. The van der Waals surface area contributed by atoms with E-state index in [0.29, 0.717) is 5.02 Å². The van der Waals surface area contributed by atoms with Crippen LogP contribution in [0.4, 0.5) is 5.69 Å². The largest absolute Gasteiger partial charge is 0.240 e. The van der Waals surface area contributed by atoms with E-state index in [2.05, 4.69) is 4.99 Å². The fraction of sp³-hybridized carbons (Fsp3) is 0.125. The fourth-order valence-electron chi connectivity index (χ4n) is 0.886. The summed E-state index contributed by atoms with van der Waals surface area (Å²) < 4.78 is -1.64. The topological polar surface area (TPSA) is 29.4 Å². The zero-order valence-electron chi connectivity index (χ0n) is 6.60. The van der Waals surface area contributed by atoms with Crippen LogP contribution in [0.3, 0.4) is 0 Å². The van der Waals surface area contributed by atoms with Gasteiger partial charge in [-0.1, -0.05) is 52.5 Å². The summed E-state index contributed by atoms with van der Waals surface area (Å²) in [6.07, 6.45) is 1.36. The third kappa shape index (κ3) is 2.88. The first-order valence-electron chi connectivity index (χ1n) is 3.40. The summed E-state index contributed by atoms with van der Waals surface area (Å²) in [6.45, 7) is 0. The minimum absolute atomic E-state index is 0.201. The number of hydrogen-bond donors (Lipinski definition) is 0. The van der Waals surface area contributed by atoms with Crippen molar-refractivity contribution in [1.82, 2.24) is 0 Å². The molecule has 0 aliphatic rings. The van der Waals surface area contributed by atoms with Crippen molar-refractivity contribution in [2.75, 3.05) is 0 Å². The highest BCUT2D eigenvalue weighted by atomic mass is 35.6. The predicted octanol–water partition coefficient (Wildman–Crippen LogP) is 4.13. The van der Waals surface area contributed by atoms with Gasteiger partial charge in [-0.15, -0.1) is 0 Å². The molecule has 1 rings (SSSR count). The van der Waals surface area contributed by atoms with Crippen molar-refractivity contribution in [1.29, 1.82) is 0 Å². The maximum atomic E-state index is 10.1. The van der Waals surface area contributed by atoms with Crippen molar-refractivity contribution >= 4 is 58.2 Å². The molecule has 2 nitrogen and oxygen atoms in total. The summed E-state index contributed by atoms with van der Waals surface area (Å²) in [5.41, 5.74) is 0.489. The van der Waals surface area contributed by atoms with Crippen molar-refractivity contribution in [2.45, 2.75) is 3.79 Å². The van der Waals surface area contributed by atoms with Crippen molar-refractivity contribution in [3.8, 4) is 0 Å². The molecule has 14 heavy (non-hydrogen) atoms. The highest BCUT2D eigenvalue weighted by Gasteiger charge is 2.26. The van der Waals surface area contributed by atoms with Gasteiger partial charge < -0.3 is 0 Å². The Bertz CT molecular complexity index is 393. The molecule has 0 N–H and O–H groups in total. The van der Waals surface area contributed by atoms with Gasteiger partial charge >= 0.3 is 0 Å². The second-order valence-corrected chi connectivity index (χ2v) is 5.08. The fourth-order valence-corrected chi connectivity index (χ4v) is 1.53. The van der Waals surface area contributed by atoms with Crippen LogP contribution in [-0.2, 0) is 8.59 Å². The van der Waals surface area contributed by atoms with Crippen LogP contribution in [0, 0.1) is 0 Å². The van der Waals surface area contributed by atoms with E-state index in [1.807, 2.05) is 0 Å². The van der Waals surface area contributed by atoms with Gasteiger partial charge in [0.1, 0.15) is 0 Å². The smallest absolute Gasteiger partial charge is 0.211 e. The van der Waals surface area contributed by atoms with Gasteiger partial charge in [-0.05, 0) is 12.1 Å². The zero-order valence-corrected chi connectivity index (χ0v) is 9.62. The van der Waals surface area contributed by atoms with Crippen molar-refractivity contribution < 1.29 is 4.79 Å². The van der Waals surface area contributed by atoms with Crippen LogP contribution in [0.5, 0.6) is 0 Å². The SMILES string of the molecule is O=C=Nc1cc(Cl)ccc1C(Cl)(Cl)Cl. The van der Waals surface area contributed by atoms with E-state index < -0.39 is 3.79 Å². The molecule has 0 aromatic heterocycles. The van der Waals surface area contributed by atoms with Gasteiger partial charge in [0.05, 0.1) is 5.69 Å². The number of aliphatic imine (C=N–C) groups is 1. The van der Waals surface area contributed by atoms with Crippen molar-refractivity contribution in [3.63, 3.8) is 0 Å². The molecule has 0 aliphatic carbocycles. The molecule has 0 fully saturated rings. The van der Waals surface area contributed by atoms with Gasteiger partial charge in [0.25, 0.3) is 0 Å². The van der Waals surface area contributed by atoms with Gasteiger partial charge in [0, 0.05) is 10.6 Å². The lowest BCUT2D eigenvalue weighted by Crippen LogP contribution is -1.99. The molecule has 74 valence electrons. The molecule has 0 radical (unpaired) electrons. The minimum Gasteiger partial charge on any atom is -0.211 e. The second kappa shape index (κ2) is 4.52. The van der Waals surface area contributed by atoms with Crippen molar-refractivity contribution in [3.05, 3.63) is 28.8 Å². The Labute approximate surface area is 100 Å². The Morgan fingerprint density at radius 3 is 2.43 bits per heavy atom. The van der Waals surface area contributed by atoms with Crippen molar-refractivity contribution in [2.24, 2.45) is 4.99 Å². The molecule has 1 aromatic rings. The molecule has 1 aromatic carbocycles. The highest BCUT2D eigenvalue weighted by Crippen LogP contribution is 2.43. The van der Waals surface area contributed by atoms with Crippen LogP contribution in [0.2, 0.25) is 5.02 Å². The monoisotopic (exact) mass is 269 g/mol. The number of carbonyl (C=O) groups excluding carboxylic acids is 1.